The van der Waals surface area contributed by atoms with E-state index in [0.717, 1.165) is 22.2 Å². The summed E-state index contributed by atoms with van der Waals surface area (Å²) in [5.74, 6) is -0.387. The van der Waals surface area contributed by atoms with Gasteiger partial charge in [-0.25, -0.2) is 9.59 Å². The summed E-state index contributed by atoms with van der Waals surface area (Å²) in [6.45, 7) is 2.07. The lowest BCUT2D eigenvalue weighted by Gasteiger charge is -2.09. The predicted octanol–water partition coefficient (Wildman–Crippen LogP) is 5.66. The van der Waals surface area contributed by atoms with Gasteiger partial charge in [0.1, 0.15) is 0 Å². The van der Waals surface area contributed by atoms with Crippen molar-refractivity contribution in [3.05, 3.63) is 84.4 Å². The van der Waals surface area contributed by atoms with E-state index in [0.29, 0.717) is 23.5 Å². The fourth-order valence-electron chi connectivity index (χ4n) is 3.19. The van der Waals surface area contributed by atoms with Crippen molar-refractivity contribution in [2.24, 2.45) is 0 Å². The number of hydrogen-bond donors (Lipinski definition) is 3. The molecule has 0 aliphatic carbocycles. The minimum Gasteiger partial charge on any atom is -0.462 e. The molecule has 30 heavy (non-hydrogen) atoms. The van der Waals surface area contributed by atoms with Crippen LogP contribution in [-0.2, 0) is 4.74 Å². The summed E-state index contributed by atoms with van der Waals surface area (Å²) < 4.78 is 4.95. The molecule has 0 unspecified atom stereocenters. The van der Waals surface area contributed by atoms with E-state index >= 15 is 0 Å². The van der Waals surface area contributed by atoms with Gasteiger partial charge in [0.2, 0.25) is 0 Å². The van der Waals surface area contributed by atoms with Crippen LogP contribution >= 0.6 is 0 Å². The summed E-state index contributed by atoms with van der Waals surface area (Å²) in [5.41, 5.74) is 4.71. The number of para-hydroxylation sites is 1. The molecule has 0 bridgehead atoms. The van der Waals surface area contributed by atoms with E-state index < -0.39 is 0 Å². The number of aromatic amines is 1. The van der Waals surface area contributed by atoms with Crippen molar-refractivity contribution in [2.45, 2.75) is 6.92 Å². The normalized spacial score (nSPS) is 10.6. The van der Waals surface area contributed by atoms with Gasteiger partial charge in [-0.3, -0.25) is 0 Å². The molecule has 6 nitrogen and oxygen atoms in total. The van der Waals surface area contributed by atoms with Crippen LogP contribution in [-0.4, -0.2) is 23.6 Å². The zero-order valence-corrected chi connectivity index (χ0v) is 16.4. The fraction of sp³-hybridized carbons (Fsp3) is 0.0833. The Bertz CT molecular complexity index is 1160. The highest BCUT2D eigenvalue weighted by Gasteiger charge is 2.08. The number of H-pyrrole nitrogens is 1. The van der Waals surface area contributed by atoms with Crippen LogP contribution in [0.2, 0.25) is 0 Å². The van der Waals surface area contributed by atoms with Gasteiger partial charge in [-0.1, -0.05) is 30.3 Å². The molecule has 0 saturated heterocycles. The largest absolute Gasteiger partial charge is 0.462 e. The first-order valence-corrected chi connectivity index (χ1v) is 9.66. The smallest absolute Gasteiger partial charge is 0.338 e. The number of carbonyl (C=O) groups excluding carboxylic acids is 2. The summed E-state index contributed by atoms with van der Waals surface area (Å²) in [4.78, 5) is 27.5. The zero-order valence-electron chi connectivity index (χ0n) is 16.4. The summed E-state index contributed by atoms with van der Waals surface area (Å²) in [5, 5.41) is 6.73. The van der Waals surface area contributed by atoms with Gasteiger partial charge in [-0.05, 0) is 55.5 Å². The summed E-state index contributed by atoms with van der Waals surface area (Å²) in [6, 6.07) is 24.0. The minimum absolute atomic E-state index is 0.318. The molecule has 0 spiro atoms. The Morgan fingerprint density at radius 3 is 2.40 bits per heavy atom. The second kappa shape index (κ2) is 8.53. The maximum atomic E-state index is 12.4. The summed E-state index contributed by atoms with van der Waals surface area (Å²) >= 11 is 0. The van der Waals surface area contributed by atoms with Crippen LogP contribution in [0.1, 0.15) is 17.3 Å². The number of benzene rings is 3. The maximum Gasteiger partial charge on any atom is 0.338 e. The number of ether oxygens (including phenoxy) is 1. The number of aromatic nitrogens is 1. The highest BCUT2D eigenvalue weighted by Crippen LogP contribution is 2.26. The van der Waals surface area contributed by atoms with E-state index in [1.807, 2.05) is 42.5 Å². The number of amides is 2. The van der Waals surface area contributed by atoms with Gasteiger partial charge in [0.05, 0.1) is 12.2 Å². The molecule has 0 aliphatic heterocycles. The van der Waals surface area contributed by atoms with E-state index in [4.69, 9.17) is 4.74 Å². The van der Waals surface area contributed by atoms with Crippen molar-refractivity contribution in [2.75, 3.05) is 17.2 Å². The van der Waals surface area contributed by atoms with Crippen LogP contribution in [0, 0.1) is 0 Å². The molecule has 0 saturated carbocycles. The SMILES string of the molecule is CCOC(=O)c1ccc(NC(=O)Nc2cccc(-c3cc4ccccc4[nH]3)c2)cc1. The zero-order chi connectivity index (χ0) is 20.9. The van der Waals surface area contributed by atoms with E-state index in [2.05, 4.69) is 27.8 Å². The van der Waals surface area contributed by atoms with E-state index in [1.165, 1.54) is 0 Å². The van der Waals surface area contributed by atoms with Crippen LogP contribution in [0.3, 0.4) is 0 Å². The van der Waals surface area contributed by atoms with Crippen LogP contribution in [0.4, 0.5) is 16.2 Å². The molecule has 3 aromatic carbocycles. The minimum atomic E-state index is -0.387. The lowest BCUT2D eigenvalue weighted by atomic mass is 10.1. The number of esters is 1. The number of urea groups is 1. The van der Waals surface area contributed by atoms with E-state index in [-0.39, 0.29) is 12.0 Å². The third-order valence-corrected chi connectivity index (χ3v) is 4.62. The van der Waals surface area contributed by atoms with Crippen molar-refractivity contribution in [1.82, 2.24) is 4.98 Å². The average Bonchev–Trinajstić information content (AvgIpc) is 3.19. The standard InChI is InChI=1S/C24H21N3O3/c1-2-30-23(28)16-10-12-19(13-11-16)25-24(29)26-20-8-5-7-17(14-20)22-15-18-6-3-4-9-21(18)27-22/h3-15,27H,2H2,1H3,(H2,25,26,29). The Morgan fingerprint density at radius 1 is 0.867 bits per heavy atom. The molecule has 6 heteroatoms. The van der Waals surface area contributed by atoms with Crippen LogP contribution in [0.15, 0.2) is 78.9 Å². The number of carbonyl (C=O) groups is 2. The quantitative estimate of drug-likeness (QED) is 0.379. The van der Waals surface area contributed by atoms with Crippen molar-refractivity contribution < 1.29 is 14.3 Å². The predicted molar refractivity (Wildman–Crippen MR) is 119 cm³/mol. The Balaban J connectivity index is 1.43. The molecule has 2 amide bonds. The van der Waals surface area contributed by atoms with Crippen molar-refractivity contribution in [1.29, 1.82) is 0 Å². The van der Waals surface area contributed by atoms with Crippen LogP contribution < -0.4 is 10.6 Å². The van der Waals surface area contributed by atoms with Gasteiger partial charge < -0.3 is 20.4 Å². The lowest BCUT2D eigenvalue weighted by molar-refractivity contribution is 0.0526. The molecule has 0 fully saturated rings. The van der Waals surface area contributed by atoms with Gasteiger partial charge in [-0.15, -0.1) is 0 Å². The van der Waals surface area contributed by atoms with Crippen LogP contribution in [0.25, 0.3) is 22.2 Å². The summed E-state index contributed by atoms with van der Waals surface area (Å²) in [6.07, 6.45) is 0. The molecule has 0 radical (unpaired) electrons. The third kappa shape index (κ3) is 4.33. The van der Waals surface area contributed by atoms with Crippen molar-refractivity contribution in [3.63, 3.8) is 0 Å². The van der Waals surface area contributed by atoms with E-state index in [1.54, 1.807) is 31.2 Å². The van der Waals surface area contributed by atoms with Gasteiger partial charge in [0.15, 0.2) is 0 Å². The second-order valence-corrected chi connectivity index (χ2v) is 6.73. The highest BCUT2D eigenvalue weighted by atomic mass is 16.5. The highest BCUT2D eigenvalue weighted by molar-refractivity contribution is 6.00. The number of rotatable bonds is 5. The van der Waals surface area contributed by atoms with Crippen molar-refractivity contribution >= 4 is 34.3 Å². The molecule has 0 atom stereocenters. The maximum absolute atomic E-state index is 12.4. The molecule has 1 aromatic heterocycles. The number of anilines is 2. The molecule has 150 valence electrons. The second-order valence-electron chi connectivity index (χ2n) is 6.73. The van der Waals surface area contributed by atoms with Crippen molar-refractivity contribution in [3.8, 4) is 11.3 Å². The Labute approximate surface area is 173 Å². The lowest BCUT2D eigenvalue weighted by Crippen LogP contribution is -2.19. The monoisotopic (exact) mass is 399 g/mol. The molecule has 4 aromatic rings. The molecule has 4 rings (SSSR count). The molecular formula is C24H21N3O3. The topological polar surface area (TPSA) is 83.2 Å². The van der Waals surface area contributed by atoms with Gasteiger partial charge >= 0.3 is 12.0 Å². The van der Waals surface area contributed by atoms with Gasteiger partial charge in [-0.2, -0.15) is 0 Å². The Kier molecular flexibility index (Phi) is 5.48. The molecule has 1 heterocycles. The van der Waals surface area contributed by atoms with Gasteiger partial charge in [0, 0.05) is 33.5 Å². The Hall–Kier alpha value is -4.06. The van der Waals surface area contributed by atoms with E-state index in [9.17, 15) is 9.59 Å². The first-order chi connectivity index (χ1) is 14.6. The number of nitrogens with one attached hydrogen (secondary N) is 3. The first kappa shape index (κ1) is 19.3. The fourth-order valence-corrected chi connectivity index (χ4v) is 3.19. The molecule has 3 N–H and O–H groups in total. The van der Waals surface area contributed by atoms with Gasteiger partial charge in [0.25, 0.3) is 0 Å². The number of fused-ring (bicyclic) bond motifs is 1. The first-order valence-electron chi connectivity index (χ1n) is 9.66. The van der Waals surface area contributed by atoms with Crippen LogP contribution in [0.5, 0.6) is 0 Å². The molecular weight excluding hydrogens is 378 g/mol. The Morgan fingerprint density at radius 2 is 1.63 bits per heavy atom. The average molecular weight is 399 g/mol. The summed E-state index contributed by atoms with van der Waals surface area (Å²) in [7, 11) is 0. The molecule has 0 aliphatic rings. The number of hydrogen-bond acceptors (Lipinski definition) is 3. The third-order valence-electron chi connectivity index (χ3n) is 4.62.